The molecular formula is C13H17N3O. The molecule has 4 heteroatoms. The summed E-state index contributed by atoms with van der Waals surface area (Å²) in [5.74, 6) is 0. The van der Waals surface area contributed by atoms with E-state index in [1.54, 1.807) is 6.20 Å². The fourth-order valence-corrected chi connectivity index (χ4v) is 1.77. The standard InChI is InChI=1S/C13H17N3O/c17-10-9-15(12-16-8-4-7-14-16)11-13-5-2-1-3-6-13/h1-8,17H,9-12H2. The zero-order chi connectivity index (χ0) is 11.9. The predicted molar refractivity (Wildman–Crippen MR) is 66.2 cm³/mol. The molecule has 0 saturated heterocycles. The van der Waals surface area contributed by atoms with E-state index in [9.17, 15) is 0 Å². The molecule has 0 fully saturated rings. The van der Waals surface area contributed by atoms with Crippen LogP contribution in [0.1, 0.15) is 5.56 Å². The second-order valence-corrected chi connectivity index (χ2v) is 3.95. The Bertz CT molecular complexity index is 413. The summed E-state index contributed by atoms with van der Waals surface area (Å²) in [5.41, 5.74) is 1.24. The van der Waals surface area contributed by atoms with E-state index < -0.39 is 0 Å². The lowest BCUT2D eigenvalue weighted by atomic mass is 10.2. The third kappa shape index (κ3) is 3.69. The van der Waals surface area contributed by atoms with Gasteiger partial charge in [-0.15, -0.1) is 0 Å². The Balaban J connectivity index is 1.97. The Morgan fingerprint density at radius 1 is 1.18 bits per heavy atom. The van der Waals surface area contributed by atoms with Crippen molar-refractivity contribution in [2.24, 2.45) is 0 Å². The summed E-state index contributed by atoms with van der Waals surface area (Å²) in [4.78, 5) is 2.16. The topological polar surface area (TPSA) is 41.3 Å². The van der Waals surface area contributed by atoms with Crippen molar-refractivity contribution in [2.75, 3.05) is 13.2 Å². The highest BCUT2D eigenvalue weighted by Crippen LogP contribution is 2.05. The van der Waals surface area contributed by atoms with E-state index in [1.165, 1.54) is 5.56 Å². The third-order valence-electron chi connectivity index (χ3n) is 2.57. The first-order valence-electron chi connectivity index (χ1n) is 5.73. The van der Waals surface area contributed by atoms with Crippen molar-refractivity contribution in [3.63, 3.8) is 0 Å². The molecule has 0 aliphatic rings. The fourth-order valence-electron chi connectivity index (χ4n) is 1.77. The number of aliphatic hydroxyl groups is 1. The minimum atomic E-state index is 0.161. The van der Waals surface area contributed by atoms with Crippen molar-refractivity contribution >= 4 is 0 Å². The Morgan fingerprint density at radius 3 is 2.65 bits per heavy atom. The van der Waals surface area contributed by atoms with Gasteiger partial charge in [0.05, 0.1) is 13.3 Å². The molecule has 4 nitrogen and oxygen atoms in total. The van der Waals surface area contributed by atoms with Gasteiger partial charge in [-0.1, -0.05) is 30.3 Å². The molecule has 90 valence electrons. The van der Waals surface area contributed by atoms with Gasteiger partial charge in [0.15, 0.2) is 0 Å². The highest BCUT2D eigenvalue weighted by molar-refractivity contribution is 5.14. The lowest BCUT2D eigenvalue weighted by Gasteiger charge is -2.21. The largest absolute Gasteiger partial charge is 0.395 e. The summed E-state index contributed by atoms with van der Waals surface area (Å²) in [7, 11) is 0. The highest BCUT2D eigenvalue weighted by Gasteiger charge is 2.05. The lowest BCUT2D eigenvalue weighted by molar-refractivity contribution is 0.151. The van der Waals surface area contributed by atoms with Gasteiger partial charge in [0, 0.05) is 25.5 Å². The van der Waals surface area contributed by atoms with Gasteiger partial charge in [-0.2, -0.15) is 5.10 Å². The van der Waals surface area contributed by atoms with E-state index in [0.717, 1.165) is 6.54 Å². The van der Waals surface area contributed by atoms with Crippen LogP contribution in [-0.2, 0) is 13.2 Å². The van der Waals surface area contributed by atoms with Crippen molar-refractivity contribution in [1.82, 2.24) is 14.7 Å². The van der Waals surface area contributed by atoms with Gasteiger partial charge in [-0.3, -0.25) is 9.58 Å². The maximum Gasteiger partial charge on any atom is 0.0932 e. The molecule has 1 aromatic heterocycles. The minimum absolute atomic E-state index is 0.161. The SMILES string of the molecule is OCCN(Cc1ccccc1)Cn1cccn1. The lowest BCUT2D eigenvalue weighted by Crippen LogP contribution is -2.29. The van der Waals surface area contributed by atoms with E-state index in [1.807, 2.05) is 35.1 Å². The van der Waals surface area contributed by atoms with Crippen LogP contribution in [0, 0.1) is 0 Å². The number of hydrogen-bond acceptors (Lipinski definition) is 3. The summed E-state index contributed by atoms with van der Waals surface area (Å²) in [5, 5.41) is 13.2. The van der Waals surface area contributed by atoms with E-state index >= 15 is 0 Å². The summed E-state index contributed by atoms with van der Waals surface area (Å²) in [6.07, 6.45) is 3.69. The quantitative estimate of drug-likeness (QED) is 0.815. The van der Waals surface area contributed by atoms with Crippen molar-refractivity contribution in [3.05, 3.63) is 54.4 Å². The first-order chi connectivity index (χ1) is 8.38. The van der Waals surface area contributed by atoms with Crippen molar-refractivity contribution in [1.29, 1.82) is 0 Å². The molecule has 0 unspecified atom stereocenters. The minimum Gasteiger partial charge on any atom is -0.395 e. The maximum atomic E-state index is 9.07. The average molecular weight is 231 g/mol. The van der Waals surface area contributed by atoms with E-state index in [0.29, 0.717) is 13.2 Å². The number of rotatable bonds is 6. The van der Waals surface area contributed by atoms with Gasteiger partial charge in [0.1, 0.15) is 0 Å². The Morgan fingerprint density at radius 2 is 2.00 bits per heavy atom. The molecule has 1 aromatic carbocycles. The molecule has 0 saturated carbocycles. The van der Waals surface area contributed by atoms with Crippen LogP contribution >= 0.6 is 0 Å². The van der Waals surface area contributed by atoms with Crippen LogP contribution in [0.4, 0.5) is 0 Å². The number of hydrogen-bond donors (Lipinski definition) is 1. The molecule has 1 N–H and O–H groups in total. The van der Waals surface area contributed by atoms with Gasteiger partial charge in [-0.25, -0.2) is 0 Å². The molecule has 17 heavy (non-hydrogen) atoms. The molecule has 2 aromatic rings. The number of nitrogens with zero attached hydrogens (tertiary/aromatic N) is 3. The Hall–Kier alpha value is -1.65. The summed E-state index contributed by atoms with van der Waals surface area (Å²) >= 11 is 0. The normalized spacial score (nSPS) is 10.9. The van der Waals surface area contributed by atoms with E-state index in [2.05, 4.69) is 22.1 Å². The number of aliphatic hydroxyl groups excluding tert-OH is 1. The Kier molecular flexibility index (Phi) is 4.30. The second kappa shape index (κ2) is 6.18. The molecular weight excluding hydrogens is 214 g/mol. The van der Waals surface area contributed by atoms with Gasteiger partial charge >= 0.3 is 0 Å². The zero-order valence-corrected chi connectivity index (χ0v) is 9.74. The third-order valence-corrected chi connectivity index (χ3v) is 2.57. The Labute approximate surface area is 101 Å². The number of benzene rings is 1. The predicted octanol–water partition coefficient (Wildman–Crippen LogP) is 1.34. The van der Waals surface area contributed by atoms with Gasteiger partial charge in [-0.05, 0) is 11.6 Å². The molecule has 1 heterocycles. The van der Waals surface area contributed by atoms with Crippen LogP contribution in [0.25, 0.3) is 0 Å². The van der Waals surface area contributed by atoms with Crippen molar-refractivity contribution in [2.45, 2.75) is 13.2 Å². The average Bonchev–Trinajstić information content (AvgIpc) is 2.83. The van der Waals surface area contributed by atoms with E-state index in [4.69, 9.17) is 5.11 Å². The zero-order valence-electron chi connectivity index (χ0n) is 9.74. The molecule has 0 bridgehead atoms. The molecule has 0 aliphatic carbocycles. The molecule has 0 aliphatic heterocycles. The molecule has 0 spiro atoms. The first-order valence-corrected chi connectivity index (χ1v) is 5.73. The second-order valence-electron chi connectivity index (χ2n) is 3.95. The van der Waals surface area contributed by atoms with Crippen LogP contribution in [0.15, 0.2) is 48.8 Å². The molecule has 2 rings (SSSR count). The van der Waals surface area contributed by atoms with Crippen molar-refractivity contribution in [3.8, 4) is 0 Å². The number of aromatic nitrogens is 2. The van der Waals surface area contributed by atoms with Crippen LogP contribution in [0.3, 0.4) is 0 Å². The smallest absolute Gasteiger partial charge is 0.0932 e. The summed E-state index contributed by atoms with van der Waals surface area (Å²) in [6, 6.07) is 12.1. The van der Waals surface area contributed by atoms with Crippen LogP contribution in [0.5, 0.6) is 0 Å². The van der Waals surface area contributed by atoms with Gasteiger partial charge in [0.25, 0.3) is 0 Å². The van der Waals surface area contributed by atoms with E-state index in [-0.39, 0.29) is 6.61 Å². The van der Waals surface area contributed by atoms with Gasteiger partial charge in [0.2, 0.25) is 0 Å². The highest BCUT2D eigenvalue weighted by atomic mass is 16.3. The first kappa shape index (κ1) is 11.8. The summed E-state index contributed by atoms with van der Waals surface area (Å²) in [6.45, 7) is 2.33. The fraction of sp³-hybridized carbons (Fsp3) is 0.308. The molecule has 0 atom stereocenters. The van der Waals surface area contributed by atoms with Gasteiger partial charge < -0.3 is 5.11 Å². The molecule has 0 amide bonds. The summed E-state index contributed by atoms with van der Waals surface area (Å²) < 4.78 is 1.86. The van der Waals surface area contributed by atoms with Crippen LogP contribution in [0.2, 0.25) is 0 Å². The van der Waals surface area contributed by atoms with Crippen LogP contribution < -0.4 is 0 Å². The maximum absolute atomic E-state index is 9.07. The van der Waals surface area contributed by atoms with Crippen molar-refractivity contribution < 1.29 is 5.11 Å². The monoisotopic (exact) mass is 231 g/mol. The molecule has 0 radical (unpaired) electrons. The van der Waals surface area contributed by atoms with Crippen LogP contribution in [-0.4, -0.2) is 32.9 Å².